The number of hydrogen-bond donors (Lipinski definition) is 0. The topological polar surface area (TPSA) is 35.5 Å². The maximum absolute atomic E-state index is 13.2. The van der Waals surface area contributed by atoms with E-state index in [0.29, 0.717) is 24.0 Å². The van der Waals surface area contributed by atoms with Gasteiger partial charge in [0.05, 0.1) is 12.2 Å². The van der Waals surface area contributed by atoms with Crippen LogP contribution in [0.1, 0.15) is 86.1 Å². The molecule has 0 N–H and O–H groups in total. The summed E-state index contributed by atoms with van der Waals surface area (Å²) in [4.78, 5) is 13.2. The zero-order valence-corrected chi connectivity index (χ0v) is 22.1. The van der Waals surface area contributed by atoms with E-state index >= 15 is 0 Å². The van der Waals surface area contributed by atoms with Gasteiger partial charge in [-0.3, -0.25) is 4.79 Å². The predicted molar refractivity (Wildman–Crippen MR) is 135 cm³/mol. The smallest absolute Gasteiger partial charge is 0.163 e. The van der Waals surface area contributed by atoms with Gasteiger partial charge in [-0.25, -0.2) is 0 Å². The van der Waals surface area contributed by atoms with E-state index in [0.717, 1.165) is 12.8 Å². The van der Waals surface area contributed by atoms with Gasteiger partial charge in [0.1, 0.15) is 5.78 Å². The molecule has 5 aliphatic rings. The summed E-state index contributed by atoms with van der Waals surface area (Å²) in [5.41, 5.74) is 2.94. The van der Waals surface area contributed by atoms with Crippen LogP contribution in [0.3, 0.4) is 0 Å². The number of fused-ring (bicyclic) bond motifs is 8. The molecule has 3 saturated carbocycles. The fourth-order valence-corrected chi connectivity index (χ4v) is 9.64. The summed E-state index contributed by atoms with van der Waals surface area (Å²) in [6.07, 6.45) is 7.68. The molecule has 0 radical (unpaired) electrons. The van der Waals surface area contributed by atoms with E-state index in [2.05, 4.69) is 84.9 Å². The largest absolute Gasteiger partial charge is 0.344 e. The molecule has 0 spiro atoms. The first-order valence-corrected chi connectivity index (χ1v) is 13.5. The van der Waals surface area contributed by atoms with Gasteiger partial charge in [0.15, 0.2) is 5.79 Å². The Kier molecular flexibility index (Phi) is 4.63. The van der Waals surface area contributed by atoms with Crippen LogP contribution in [0.15, 0.2) is 36.4 Å². The highest BCUT2D eigenvalue weighted by Gasteiger charge is 2.72. The molecular formula is C31H42O3. The minimum Gasteiger partial charge on any atom is -0.344 e. The summed E-state index contributed by atoms with van der Waals surface area (Å²) >= 11 is 0. The predicted octanol–water partition coefficient (Wildman–Crippen LogP) is 7.06. The fraction of sp³-hybridized carbons (Fsp3) is 0.710. The van der Waals surface area contributed by atoms with E-state index in [9.17, 15) is 4.79 Å². The van der Waals surface area contributed by atoms with Gasteiger partial charge in [0.2, 0.25) is 0 Å². The van der Waals surface area contributed by atoms with Crippen LogP contribution in [0.4, 0.5) is 0 Å². The number of benzene rings is 1. The van der Waals surface area contributed by atoms with E-state index in [4.69, 9.17) is 9.47 Å². The van der Waals surface area contributed by atoms with Gasteiger partial charge in [0, 0.05) is 17.8 Å². The molecule has 6 rings (SSSR count). The Bertz CT molecular complexity index is 1050. The number of allylic oxidation sites excluding steroid dienone is 2. The van der Waals surface area contributed by atoms with Crippen LogP contribution in [0.2, 0.25) is 0 Å². The standard InChI is InChI=1S/C31H42O3/c1-27(2)18-29(5)21-14-15-30(6)20(19-11-9-8-10-12-19)13-16-31(30,7)24(21)26-25(22(29)17-23(27)32)33-28(3,4)34-26/h8-13,21-22,24-26H,14-18H2,1-7H3/t21-,22+,24-,25+,26+,29+,30+,31-/m0/s1. The molecule has 0 unspecified atom stereocenters. The average molecular weight is 463 g/mol. The Hall–Kier alpha value is -1.45. The second kappa shape index (κ2) is 6.85. The molecule has 3 nitrogen and oxygen atoms in total. The first-order chi connectivity index (χ1) is 15.8. The second-order valence-electron chi connectivity index (χ2n) is 14.0. The third kappa shape index (κ3) is 2.80. The molecule has 1 aromatic carbocycles. The molecular weight excluding hydrogens is 420 g/mol. The molecule has 1 heterocycles. The SMILES string of the molecule is CC1(C)O[C@H]2[C@H](O1)[C@H]1CC(=O)C(C)(C)C[C@]1(C)[C@H]1CC[C@]3(C)C(c4ccccc4)=CC[C@@]3(C)[C@H]21. The second-order valence-corrected chi connectivity index (χ2v) is 14.0. The van der Waals surface area contributed by atoms with Gasteiger partial charge in [0.25, 0.3) is 0 Å². The number of carbonyl (C=O) groups excluding carboxylic acids is 1. The number of hydrogen-bond acceptors (Lipinski definition) is 3. The zero-order valence-electron chi connectivity index (χ0n) is 22.1. The number of ether oxygens (including phenoxy) is 2. The van der Waals surface area contributed by atoms with Crippen LogP contribution in [0.5, 0.6) is 0 Å². The summed E-state index contributed by atoms with van der Waals surface area (Å²) < 4.78 is 13.5. The molecule has 1 aromatic rings. The third-order valence-electron chi connectivity index (χ3n) is 11.4. The van der Waals surface area contributed by atoms with Gasteiger partial charge < -0.3 is 9.47 Å². The highest BCUT2D eigenvalue weighted by Crippen LogP contribution is 2.74. The first kappa shape index (κ1) is 23.0. The van der Waals surface area contributed by atoms with Gasteiger partial charge in [-0.15, -0.1) is 0 Å². The molecule has 184 valence electrons. The molecule has 0 bridgehead atoms. The van der Waals surface area contributed by atoms with Crippen molar-refractivity contribution in [2.75, 3.05) is 0 Å². The average Bonchev–Trinajstić information content (AvgIpc) is 3.22. The normalized spacial score (nSPS) is 48.4. The van der Waals surface area contributed by atoms with Gasteiger partial charge in [-0.2, -0.15) is 0 Å². The molecule has 3 heteroatoms. The van der Waals surface area contributed by atoms with Crippen molar-refractivity contribution in [2.45, 2.75) is 98.6 Å². The molecule has 0 aromatic heterocycles. The summed E-state index contributed by atoms with van der Waals surface area (Å²) in [5.74, 6) is 1.02. The summed E-state index contributed by atoms with van der Waals surface area (Å²) in [6, 6.07) is 11.0. The van der Waals surface area contributed by atoms with Crippen LogP contribution >= 0.6 is 0 Å². The molecule has 8 atom stereocenters. The van der Waals surface area contributed by atoms with Crippen molar-refractivity contribution in [1.29, 1.82) is 0 Å². The molecule has 34 heavy (non-hydrogen) atoms. The Balaban J connectivity index is 1.47. The Morgan fingerprint density at radius 3 is 2.26 bits per heavy atom. The van der Waals surface area contributed by atoms with Crippen LogP contribution in [0, 0.1) is 39.4 Å². The molecule has 1 saturated heterocycles. The number of Topliss-reactive ketones (excluding diaryl/α,β-unsaturated/α-hetero) is 1. The van der Waals surface area contributed by atoms with Crippen molar-refractivity contribution in [1.82, 2.24) is 0 Å². The summed E-state index contributed by atoms with van der Waals surface area (Å²) in [7, 11) is 0. The quantitative estimate of drug-likeness (QED) is 0.448. The van der Waals surface area contributed by atoms with Gasteiger partial charge in [-0.1, -0.05) is 71.0 Å². The van der Waals surface area contributed by atoms with E-state index in [1.54, 1.807) is 0 Å². The lowest BCUT2D eigenvalue weighted by atomic mass is 9.38. The summed E-state index contributed by atoms with van der Waals surface area (Å²) in [5, 5.41) is 0. The molecule has 4 aliphatic carbocycles. The highest BCUT2D eigenvalue weighted by atomic mass is 16.8. The minimum absolute atomic E-state index is 0.00116. The van der Waals surface area contributed by atoms with E-state index in [1.807, 2.05) is 0 Å². The van der Waals surface area contributed by atoms with Crippen molar-refractivity contribution < 1.29 is 14.3 Å². The zero-order chi connectivity index (χ0) is 24.3. The van der Waals surface area contributed by atoms with Gasteiger partial charge >= 0.3 is 0 Å². The molecule has 1 aliphatic heterocycles. The third-order valence-corrected chi connectivity index (χ3v) is 11.4. The lowest BCUT2D eigenvalue weighted by molar-refractivity contribution is -0.208. The van der Waals surface area contributed by atoms with Crippen LogP contribution in [-0.2, 0) is 14.3 Å². The van der Waals surface area contributed by atoms with Crippen molar-refractivity contribution in [3.63, 3.8) is 0 Å². The molecule has 0 amide bonds. The summed E-state index contributed by atoms with van der Waals surface area (Å²) in [6.45, 7) is 16.1. The highest BCUT2D eigenvalue weighted by molar-refractivity contribution is 5.85. The van der Waals surface area contributed by atoms with Crippen molar-refractivity contribution >= 4 is 11.4 Å². The Morgan fingerprint density at radius 1 is 0.882 bits per heavy atom. The van der Waals surface area contributed by atoms with Crippen molar-refractivity contribution in [2.24, 2.45) is 39.4 Å². The van der Waals surface area contributed by atoms with Gasteiger partial charge in [-0.05, 0) is 78.7 Å². The monoisotopic (exact) mass is 462 g/mol. The van der Waals surface area contributed by atoms with Crippen molar-refractivity contribution in [3.8, 4) is 0 Å². The molecule has 4 fully saturated rings. The maximum atomic E-state index is 13.2. The van der Waals surface area contributed by atoms with Crippen molar-refractivity contribution in [3.05, 3.63) is 42.0 Å². The maximum Gasteiger partial charge on any atom is 0.163 e. The van der Waals surface area contributed by atoms with E-state index in [-0.39, 0.29) is 39.8 Å². The van der Waals surface area contributed by atoms with E-state index in [1.165, 1.54) is 24.0 Å². The first-order valence-electron chi connectivity index (χ1n) is 13.5. The lowest BCUT2D eigenvalue weighted by Crippen LogP contribution is -2.67. The fourth-order valence-electron chi connectivity index (χ4n) is 9.64. The number of ketones is 1. The van der Waals surface area contributed by atoms with Crippen LogP contribution in [0.25, 0.3) is 5.57 Å². The van der Waals surface area contributed by atoms with E-state index < -0.39 is 5.79 Å². The van der Waals surface area contributed by atoms with Crippen LogP contribution < -0.4 is 0 Å². The Morgan fingerprint density at radius 2 is 1.56 bits per heavy atom. The lowest BCUT2D eigenvalue weighted by Gasteiger charge is -2.67. The minimum atomic E-state index is -0.598. The Labute approximate surface area is 205 Å². The number of carbonyl (C=O) groups is 1. The number of rotatable bonds is 1. The van der Waals surface area contributed by atoms with Crippen LogP contribution in [-0.4, -0.2) is 23.8 Å².